The molecule has 1 aliphatic heterocycles. The number of aliphatic hydroxyl groups excluding tert-OH is 1. The van der Waals surface area contributed by atoms with Gasteiger partial charge in [0, 0.05) is 6.42 Å². The molecule has 2 aromatic rings. The number of halogens is 1. The maximum Gasteiger partial charge on any atom is 0.280 e. The van der Waals surface area contributed by atoms with Crippen molar-refractivity contribution in [3.05, 3.63) is 16.7 Å². The number of nitrogen functional groups attached to an aromatic ring is 1. The van der Waals surface area contributed by atoms with Crippen LogP contribution in [0.1, 0.15) is 19.1 Å². The summed E-state index contributed by atoms with van der Waals surface area (Å²) in [6, 6.07) is 0. The highest BCUT2D eigenvalue weighted by Crippen LogP contribution is 2.37. The molecule has 0 aromatic carbocycles. The van der Waals surface area contributed by atoms with Gasteiger partial charge in [0.05, 0.1) is 6.33 Å². The van der Waals surface area contributed by atoms with Gasteiger partial charge in [0.1, 0.15) is 12.8 Å². The molecule has 0 saturated carbocycles. The van der Waals surface area contributed by atoms with Gasteiger partial charge in [0.2, 0.25) is 11.8 Å². The van der Waals surface area contributed by atoms with Crippen molar-refractivity contribution in [2.75, 3.05) is 12.3 Å². The van der Waals surface area contributed by atoms with Crippen LogP contribution in [0.25, 0.3) is 11.2 Å². The monoisotopic (exact) mass is 269 g/mol. The summed E-state index contributed by atoms with van der Waals surface area (Å²) in [6.07, 6.45) is 1.08. The number of hydrogen-bond donors (Lipinski definition) is 3. The van der Waals surface area contributed by atoms with Crippen LogP contribution < -0.4 is 11.3 Å². The van der Waals surface area contributed by atoms with Gasteiger partial charge in [0.25, 0.3) is 5.56 Å². The minimum atomic E-state index is -2.06. The second kappa shape index (κ2) is 4.00. The molecule has 1 saturated heterocycles. The minimum absolute atomic E-state index is 0.0501. The Bertz CT molecular complexity index is 683. The zero-order valence-electron chi connectivity index (χ0n) is 9.84. The van der Waals surface area contributed by atoms with E-state index in [4.69, 9.17) is 15.6 Å². The number of nitrogens with one attached hydrogen (secondary N) is 1. The average molecular weight is 269 g/mol. The van der Waals surface area contributed by atoms with Gasteiger partial charge in [-0.05, 0) is 6.42 Å². The Morgan fingerprint density at radius 2 is 2.53 bits per heavy atom. The van der Waals surface area contributed by atoms with Gasteiger partial charge < -0.3 is 15.6 Å². The standard InChI is InChI=1S/C10H12FN5O3/c11-10(3-17)2-1-5(19-10)16-4-13-6-7(16)14-9(12)15-8(6)18/h4-5,17H,1-3H2,(H3,12,14,15,18)/t5-,10+/m1/s1. The number of aromatic amines is 1. The first kappa shape index (κ1) is 12.1. The Kier molecular flexibility index (Phi) is 2.54. The molecule has 8 nitrogen and oxygen atoms in total. The fraction of sp³-hybridized carbons (Fsp3) is 0.500. The zero-order valence-corrected chi connectivity index (χ0v) is 9.84. The number of ether oxygens (including phenoxy) is 1. The first-order valence-corrected chi connectivity index (χ1v) is 5.72. The highest BCUT2D eigenvalue weighted by Gasteiger charge is 2.41. The number of anilines is 1. The second-order valence-electron chi connectivity index (χ2n) is 4.43. The number of hydrogen-bond acceptors (Lipinski definition) is 6. The molecular weight excluding hydrogens is 257 g/mol. The van der Waals surface area contributed by atoms with E-state index in [1.807, 2.05) is 0 Å². The molecule has 0 aliphatic carbocycles. The largest absolute Gasteiger partial charge is 0.390 e. The highest BCUT2D eigenvalue weighted by atomic mass is 19.2. The van der Waals surface area contributed by atoms with Crippen molar-refractivity contribution < 1.29 is 14.2 Å². The van der Waals surface area contributed by atoms with E-state index in [2.05, 4.69) is 15.0 Å². The molecular formula is C10H12FN5O3. The van der Waals surface area contributed by atoms with E-state index >= 15 is 0 Å². The van der Waals surface area contributed by atoms with E-state index in [0.29, 0.717) is 6.42 Å². The van der Waals surface area contributed by atoms with E-state index in [0.717, 1.165) is 0 Å². The van der Waals surface area contributed by atoms with Gasteiger partial charge in [-0.2, -0.15) is 4.98 Å². The fourth-order valence-corrected chi connectivity index (χ4v) is 2.17. The minimum Gasteiger partial charge on any atom is -0.390 e. The molecule has 2 atom stereocenters. The molecule has 9 heteroatoms. The maximum absolute atomic E-state index is 13.8. The molecule has 0 unspecified atom stereocenters. The number of rotatable bonds is 2. The molecule has 2 aromatic heterocycles. The van der Waals surface area contributed by atoms with Crippen molar-refractivity contribution in [2.24, 2.45) is 0 Å². The summed E-state index contributed by atoms with van der Waals surface area (Å²) >= 11 is 0. The van der Waals surface area contributed by atoms with Crippen LogP contribution in [0.5, 0.6) is 0 Å². The Labute approximate surface area is 106 Å². The second-order valence-corrected chi connectivity index (χ2v) is 4.43. The summed E-state index contributed by atoms with van der Waals surface area (Å²) in [6.45, 7) is -0.716. The van der Waals surface area contributed by atoms with Crippen LogP contribution >= 0.6 is 0 Å². The van der Waals surface area contributed by atoms with Crippen molar-refractivity contribution >= 4 is 17.1 Å². The highest BCUT2D eigenvalue weighted by molar-refractivity contribution is 5.70. The number of imidazole rings is 1. The number of alkyl halides is 1. The van der Waals surface area contributed by atoms with Gasteiger partial charge >= 0.3 is 0 Å². The third-order valence-corrected chi connectivity index (χ3v) is 3.11. The van der Waals surface area contributed by atoms with Crippen LogP contribution in [-0.2, 0) is 4.74 Å². The Morgan fingerprint density at radius 1 is 1.74 bits per heavy atom. The molecule has 1 fully saturated rings. The number of H-pyrrole nitrogens is 1. The third-order valence-electron chi connectivity index (χ3n) is 3.11. The molecule has 0 radical (unpaired) electrons. The molecule has 102 valence electrons. The predicted octanol–water partition coefficient (Wildman–Crippen LogP) is -0.331. The van der Waals surface area contributed by atoms with Crippen LogP contribution in [-0.4, -0.2) is 37.1 Å². The number of nitrogens with zero attached hydrogens (tertiary/aromatic N) is 3. The molecule has 4 N–H and O–H groups in total. The summed E-state index contributed by atoms with van der Waals surface area (Å²) in [4.78, 5) is 21.8. The first-order valence-electron chi connectivity index (χ1n) is 5.72. The summed E-state index contributed by atoms with van der Waals surface area (Å²) in [5.74, 6) is -2.11. The van der Waals surface area contributed by atoms with Gasteiger partial charge in [-0.1, -0.05) is 0 Å². The predicted molar refractivity (Wildman–Crippen MR) is 62.8 cm³/mol. The molecule has 1 aliphatic rings. The smallest absolute Gasteiger partial charge is 0.280 e. The lowest BCUT2D eigenvalue weighted by molar-refractivity contribution is -0.175. The molecule has 0 amide bonds. The van der Waals surface area contributed by atoms with Crippen molar-refractivity contribution in [1.82, 2.24) is 19.5 Å². The van der Waals surface area contributed by atoms with Crippen LogP contribution in [0.4, 0.5) is 10.3 Å². The van der Waals surface area contributed by atoms with Gasteiger partial charge in [0.15, 0.2) is 11.2 Å². The fourth-order valence-electron chi connectivity index (χ4n) is 2.17. The molecule has 3 rings (SSSR count). The number of fused-ring (bicyclic) bond motifs is 1. The molecule has 0 spiro atoms. The molecule has 19 heavy (non-hydrogen) atoms. The SMILES string of the molecule is Nc1nc2c(ncn2[C@H]2CC[C@@](F)(CO)O2)c(=O)[nH]1. The van der Waals surface area contributed by atoms with E-state index < -0.39 is 24.2 Å². The Balaban J connectivity index is 2.05. The molecule has 3 heterocycles. The summed E-state index contributed by atoms with van der Waals surface area (Å²) in [5.41, 5.74) is 5.34. The average Bonchev–Trinajstić information content (AvgIpc) is 2.94. The van der Waals surface area contributed by atoms with E-state index in [1.165, 1.54) is 10.9 Å². The van der Waals surface area contributed by atoms with Crippen molar-refractivity contribution in [3.63, 3.8) is 0 Å². The zero-order chi connectivity index (χ0) is 13.6. The lowest BCUT2D eigenvalue weighted by atomic mass is 10.2. The lowest BCUT2D eigenvalue weighted by Gasteiger charge is -2.18. The van der Waals surface area contributed by atoms with Crippen molar-refractivity contribution in [2.45, 2.75) is 24.9 Å². The topological polar surface area (TPSA) is 119 Å². The van der Waals surface area contributed by atoms with E-state index in [-0.39, 0.29) is 23.5 Å². The maximum atomic E-state index is 13.8. The summed E-state index contributed by atoms with van der Waals surface area (Å²) in [5, 5.41) is 8.93. The van der Waals surface area contributed by atoms with Gasteiger partial charge in [-0.15, -0.1) is 0 Å². The van der Waals surface area contributed by atoms with Crippen LogP contribution in [0, 0.1) is 0 Å². The number of aromatic nitrogens is 4. The van der Waals surface area contributed by atoms with Crippen molar-refractivity contribution in [1.29, 1.82) is 0 Å². The number of nitrogens with two attached hydrogens (primary N) is 1. The Morgan fingerprint density at radius 3 is 3.21 bits per heavy atom. The quantitative estimate of drug-likeness (QED) is 0.686. The summed E-state index contributed by atoms with van der Waals surface area (Å²) < 4.78 is 20.4. The summed E-state index contributed by atoms with van der Waals surface area (Å²) in [7, 11) is 0. The molecule has 0 bridgehead atoms. The number of aliphatic hydroxyl groups is 1. The van der Waals surface area contributed by atoms with E-state index in [1.54, 1.807) is 0 Å². The van der Waals surface area contributed by atoms with Gasteiger partial charge in [-0.25, -0.2) is 9.37 Å². The van der Waals surface area contributed by atoms with E-state index in [9.17, 15) is 9.18 Å². The normalized spacial score (nSPS) is 27.2. The Hall–Kier alpha value is -2.00. The van der Waals surface area contributed by atoms with Crippen LogP contribution in [0.15, 0.2) is 11.1 Å². The lowest BCUT2D eigenvalue weighted by Crippen LogP contribution is -2.27. The van der Waals surface area contributed by atoms with Crippen LogP contribution in [0.2, 0.25) is 0 Å². The van der Waals surface area contributed by atoms with Crippen LogP contribution in [0.3, 0.4) is 0 Å². The van der Waals surface area contributed by atoms with Crippen molar-refractivity contribution in [3.8, 4) is 0 Å². The third kappa shape index (κ3) is 1.87. The first-order chi connectivity index (χ1) is 9.02. The van der Waals surface area contributed by atoms with Gasteiger partial charge in [-0.3, -0.25) is 14.3 Å².